The summed E-state index contributed by atoms with van der Waals surface area (Å²) in [5, 5.41) is 0. The molecule has 0 bridgehead atoms. The normalized spacial score (nSPS) is 19.6. The predicted octanol–water partition coefficient (Wildman–Crippen LogP) is 2.63. The fourth-order valence-electron chi connectivity index (χ4n) is 3.02. The van der Waals surface area contributed by atoms with Gasteiger partial charge in [-0.1, -0.05) is 48.5 Å². The molecule has 0 radical (unpaired) electrons. The van der Waals surface area contributed by atoms with Gasteiger partial charge in [0, 0.05) is 19.1 Å². The van der Waals surface area contributed by atoms with E-state index in [0.717, 1.165) is 32.5 Å². The third-order valence-corrected chi connectivity index (χ3v) is 5.67. The van der Waals surface area contributed by atoms with Gasteiger partial charge in [-0.15, -0.1) is 0 Å². The Labute approximate surface area is 138 Å². The van der Waals surface area contributed by atoms with Gasteiger partial charge in [0.05, 0.1) is 4.90 Å². The van der Waals surface area contributed by atoms with Gasteiger partial charge in [0.15, 0.2) is 0 Å². The topological polar surface area (TPSA) is 49.4 Å². The summed E-state index contributed by atoms with van der Waals surface area (Å²) in [7, 11) is -3.43. The van der Waals surface area contributed by atoms with E-state index in [9.17, 15) is 8.42 Å². The van der Waals surface area contributed by atoms with E-state index in [0.29, 0.717) is 4.90 Å². The van der Waals surface area contributed by atoms with Crippen molar-refractivity contribution in [3.8, 4) is 0 Å². The van der Waals surface area contributed by atoms with Crippen molar-refractivity contribution in [2.75, 3.05) is 13.1 Å². The summed E-state index contributed by atoms with van der Waals surface area (Å²) >= 11 is 0. The number of benzene rings is 2. The highest BCUT2D eigenvalue weighted by atomic mass is 32.2. The van der Waals surface area contributed by atoms with E-state index in [-0.39, 0.29) is 6.04 Å². The molecular weight excluding hydrogens is 308 g/mol. The van der Waals surface area contributed by atoms with Gasteiger partial charge in [-0.05, 0) is 37.1 Å². The number of hydrogen-bond donors (Lipinski definition) is 1. The first kappa shape index (κ1) is 16.2. The number of hydrogen-bond acceptors (Lipinski definition) is 3. The Kier molecular flexibility index (Phi) is 5.10. The van der Waals surface area contributed by atoms with Crippen LogP contribution in [0.15, 0.2) is 65.6 Å². The Balaban J connectivity index is 1.63. The maximum absolute atomic E-state index is 12.4. The Morgan fingerprint density at radius 1 is 1.00 bits per heavy atom. The van der Waals surface area contributed by atoms with E-state index in [1.165, 1.54) is 5.56 Å². The molecule has 0 aliphatic carbocycles. The summed E-state index contributed by atoms with van der Waals surface area (Å²) in [6.45, 7) is 2.63. The number of nitrogens with zero attached hydrogens (tertiary/aromatic N) is 1. The van der Waals surface area contributed by atoms with E-state index in [1.54, 1.807) is 24.3 Å². The molecule has 2 aromatic rings. The minimum atomic E-state index is -3.43. The van der Waals surface area contributed by atoms with E-state index >= 15 is 0 Å². The van der Waals surface area contributed by atoms with Crippen molar-refractivity contribution < 1.29 is 8.42 Å². The minimum absolute atomic E-state index is 0.0299. The standard InChI is InChI=1S/C18H22N2O2S/c21-23(22,18-11-5-2-6-12-18)19-17-10-7-13-20(15-17)14-16-8-3-1-4-9-16/h1-6,8-9,11-12,17,19H,7,10,13-15H2/t17-/m0/s1. The molecule has 0 amide bonds. The fourth-order valence-corrected chi connectivity index (χ4v) is 4.31. The van der Waals surface area contributed by atoms with Gasteiger partial charge in [0.2, 0.25) is 10.0 Å². The van der Waals surface area contributed by atoms with Crippen LogP contribution in [-0.4, -0.2) is 32.4 Å². The van der Waals surface area contributed by atoms with Crippen LogP contribution in [0.4, 0.5) is 0 Å². The maximum Gasteiger partial charge on any atom is 0.240 e. The van der Waals surface area contributed by atoms with Crippen LogP contribution in [0.5, 0.6) is 0 Å². The average molecular weight is 330 g/mol. The second-order valence-electron chi connectivity index (χ2n) is 5.99. The van der Waals surface area contributed by atoms with Gasteiger partial charge in [-0.3, -0.25) is 4.90 Å². The summed E-state index contributed by atoms with van der Waals surface area (Å²) in [4.78, 5) is 2.65. The molecule has 1 saturated heterocycles. The molecule has 0 unspecified atom stereocenters. The minimum Gasteiger partial charge on any atom is -0.298 e. The van der Waals surface area contributed by atoms with Gasteiger partial charge in [0.25, 0.3) is 0 Å². The zero-order valence-corrected chi connectivity index (χ0v) is 13.9. The largest absolute Gasteiger partial charge is 0.298 e. The lowest BCUT2D eigenvalue weighted by atomic mass is 10.1. The van der Waals surface area contributed by atoms with E-state index < -0.39 is 10.0 Å². The van der Waals surface area contributed by atoms with Gasteiger partial charge in [-0.25, -0.2) is 13.1 Å². The molecule has 3 rings (SSSR count). The van der Waals surface area contributed by atoms with E-state index in [2.05, 4.69) is 21.8 Å². The van der Waals surface area contributed by atoms with Gasteiger partial charge >= 0.3 is 0 Å². The number of rotatable bonds is 5. The van der Waals surface area contributed by atoms with Crippen molar-refractivity contribution in [1.29, 1.82) is 0 Å². The Morgan fingerprint density at radius 2 is 1.65 bits per heavy atom. The molecule has 1 aliphatic rings. The summed E-state index contributed by atoms with van der Waals surface area (Å²) < 4.78 is 27.7. The lowest BCUT2D eigenvalue weighted by Gasteiger charge is -2.33. The summed E-state index contributed by atoms with van der Waals surface area (Å²) in [5.74, 6) is 0. The quantitative estimate of drug-likeness (QED) is 0.917. The smallest absolute Gasteiger partial charge is 0.240 e. The first-order valence-corrected chi connectivity index (χ1v) is 9.45. The second kappa shape index (κ2) is 7.25. The molecular formula is C18H22N2O2S. The second-order valence-corrected chi connectivity index (χ2v) is 7.71. The monoisotopic (exact) mass is 330 g/mol. The zero-order chi connectivity index (χ0) is 16.1. The van der Waals surface area contributed by atoms with Crippen molar-refractivity contribution in [2.45, 2.75) is 30.3 Å². The third-order valence-electron chi connectivity index (χ3n) is 4.13. The predicted molar refractivity (Wildman–Crippen MR) is 91.5 cm³/mol. The molecule has 1 N–H and O–H groups in total. The van der Waals surface area contributed by atoms with Crippen molar-refractivity contribution in [3.05, 3.63) is 66.2 Å². The molecule has 0 aromatic heterocycles. The number of sulfonamides is 1. The summed E-state index contributed by atoms with van der Waals surface area (Å²) in [5.41, 5.74) is 1.26. The zero-order valence-electron chi connectivity index (χ0n) is 13.1. The molecule has 1 atom stereocenters. The highest BCUT2D eigenvalue weighted by Gasteiger charge is 2.25. The maximum atomic E-state index is 12.4. The average Bonchev–Trinajstić information content (AvgIpc) is 2.56. The molecule has 1 aliphatic heterocycles. The van der Waals surface area contributed by atoms with E-state index in [4.69, 9.17) is 0 Å². The lowest BCUT2D eigenvalue weighted by molar-refractivity contribution is 0.194. The van der Waals surface area contributed by atoms with E-state index in [1.807, 2.05) is 24.3 Å². The fraction of sp³-hybridized carbons (Fsp3) is 0.333. The highest BCUT2D eigenvalue weighted by Crippen LogP contribution is 2.16. The summed E-state index contributed by atoms with van der Waals surface area (Å²) in [6, 6.07) is 18.9. The number of piperidine rings is 1. The van der Waals surface area contributed by atoms with Crippen LogP contribution in [0.1, 0.15) is 18.4 Å². The van der Waals surface area contributed by atoms with Crippen LogP contribution in [0.2, 0.25) is 0 Å². The Morgan fingerprint density at radius 3 is 2.35 bits per heavy atom. The molecule has 122 valence electrons. The first-order valence-electron chi connectivity index (χ1n) is 7.97. The van der Waals surface area contributed by atoms with Gasteiger partial charge in [0.1, 0.15) is 0 Å². The van der Waals surface area contributed by atoms with Gasteiger partial charge in [-0.2, -0.15) is 0 Å². The Hall–Kier alpha value is -1.69. The molecule has 1 heterocycles. The molecule has 0 spiro atoms. The summed E-state index contributed by atoms with van der Waals surface area (Å²) in [6.07, 6.45) is 1.90. The third kappa shape index (κ3) is 4.41. The van der Waals surface area contributed by atoms with Crippen LogP contribution < -0.4 is 4.72 Å². The molecule has 2 aromatic carbocycles. The van der Waals surface area contributed by atoms with Crippen LogP contribution >= 0.6 is 0 Å². The van der Waals surface area contributed by atoms with Crippen LogP contribution in [0.3, 0.4) is 0 Å². The highest BCUT2D eigenvalue weighted by molar-refractivity contribution is 7.89. The van der Waals surface area contributed by atoms with Crippen molar-refractivity contribution >= 4 is 10.0 Å². The Bertz CT molecular complexity index is 717. The van der Waals surface area contributed by atoms with Gasteiger partial charge < -0.3 is 0 Å². The lowest BCUT2D eigenvalue weighted by Crippen LogP contribution is -2.47. The SMILES string of the molecule is O=S(=O)(N[C@H]1CCCN(Cc2ccccc2)C1)c1ccccc1. The van der Waals surface area contributed by atoms with Crippen LogP contribution in [0, 0.1) is 0 Å². The van der Waals surface area contributed by atoms with Crippen molar-refractivity contribution in [1.82, 2.24) is 9.62 Å². The molecule has 5 heteroatoms. The first-order chi connectivity index (χ1) is 11.1. The molecule has 23 heavy (non-hydrogen) atoms. The molecule has 0 saturated carbocycles. The van der Waals surface area contributed by atoms with Crippen molar-refractivity contribution in [3.63, 3.8) is 0 Å². The van der Waals surface area contributed by atoms with Crippen molar-refractivity contribution in [2.24, 2.45) is 0 Å². The van der Waals surface area contributed by atoms with Crippen LogP contribution in [-0.2, 0) is 16.6 Å². The van der Waals surface area contributed by atoms with Crippen LogP contribution in [0.25, 0.3) is 0 Å². The molecule has 1 fully saturated rings. The number of likely N-dealkylation sites (tertiary alicyclic amines) is 1. The number of nitrogens with one attached hydrogen (secondary N) is 1. The molecule has 4 nitrogen and oxygen atoms in total.